The van der Waals surface area contributed by atoms with Crippen LogP contribution in [0.2, 0.25) is 0 Å². The van der Waals surface area contributed by atoms with Crippen LogP contribution in [0.4, 0.5) is 0 Å². The van der Waals surface area contributed by atoms with Gasteiger partial charge >= 0.3 is 5.97 Å². The van der Waals surface area contributed by atoms with Crippen LogP contribution < -0.4 is 5.73 Å². The zero-order chi connectivity index (χ0) is 12.1. The highest BCUT2D eigenvalue weighted by molar-refractivity contribution is 5.72. The van der Waals surface area contributed by atoms with Crippen LogP contribution in [0.3, 0.4) is 0 Å². The van der Waals surface area contributed by atoms with E-state index >= 15 is 0 Å². The number of carbonyl (C=O) groups excluding carboxylic acids is 1. The number of carbonyl (C=O) groups is 1. The first-order valence-corrected chi connectivity index (χ1v) is 6.22. The van der Waals surface area contributed by atoms with Gasteiger partial charge in [-0.25, -0.2) is 0 Å². The maximum atomic E-state index is 11.8. The van der Waals surface area contributed by atoms with Crippen LogP contribution >= 0.6 is 0 Å². The molecule has 3 nitrogen and oxygen atoms in total. The van der Waals surface area contributed by atoms with Crippen molar-refractivity contribution in [3.8, 4) is 0 Å². The molecule has 0 aliphatic heterocycles. The van der Waals surface area contributed by atoms with E-state index in [1.165, 1.54) is 0 Å². The van der Waals surface area contributed by atoms with Crippen LogP contribution in [0.15, 0.2) is 30.3 Å². The lowest BCUT2D eigenvalue weighted by molar-refractivity contribution is -0.151. The number of esters is 1. The number of benzene rings is 1. The molecule has 2 atom stereocenters. The van der Waals surface area contributed by atoms with E-state index in [1.807, 2.05) is 30.3 Å². The molecule has 0 heterocycles. The predicted octanol–water partition coefficient (Wildman–Crippen LogP) is 2.25. The minimum absolute atomic E-state index is 0.00228. The van der Waals surface area contributed by atoms with E-state index in [4.69, 9.17) is 10.5 Å². The van der Waals surface area contributed by atoms with Crippen molar-refractivity contribution in [2.24, 2.45) is 11.7 Å². The minimum Gasteiger partial charge on any atom is -0.461 e. The Morgan fingerprint density at radius 3 is 2.76 bits per heavy atom. The van der Waals surface area contributed by atoms with Crippen molar-refractivity contribution >= 4 is 5.97 Å². The van der Waals surface area contributed by atoms with Crippen LogP contribution in [0.25, 0.3) is 0 Å². The molecule has 1 fully saturated rings. The molecule has 0 saturated heterocycles. The quantitative estimate of drug-likeness (QED) is 0.815. The normalized spacial score (nSPS) is 24.3. The topological polar surface area (TPSA) is 52.3 Å². The summed E-state index contributed by atoms with van der Waals surface area (Å²) in [6.45, 7) is 0.366. The van der Waals surface area contributed by atoms with E-state index in [0.29, 0.717) is 6.61 Å². The van der Waals surface area contributed by atoms with E-state index in [0.717, 1.165) is 31.2 Å². The monoisotopic (exact) mass is 233 g/mol. The van der Waals surface area contributed by atoms with Gasteiger partial charge in [-0.3, -0.25) is 4.79 Å². The van der Waals surface area contributed by atoms with Crippen molar-refractivity contribution < 1.29 is 9.53 Å². The summed E-state index contributed by atoms with van der Waals surface area (Å²) >= 11 is 0. The second kappa shape index (κ2) is 5.82. The van der Waals surface area contributed by atoms with Crippen molar-refractivity contribution in [3.63, 3.8) is 0 Å². The standard InChI is InChI=1S/C14H19NO2/c15-13-8-4-7-12(9-13)14(16)17-10-11-5-2-1-3-6-11/h1-3,5-6,12-13H,4,7-10,15H2/t12-,13+/m0/s1. The second-order valence-electron chi connectivity index (χ2n) is 4.72. The number of ether oxygens (including phenoxy) is 1. The highest BCUT2D eigenvalue weighted by atomic mass is 16.5. The summed E-state index contributed by atoms with van der Waals surface area (Å²) in [4.78, 5) is 11.8. The lowest BCUT2D eigenvalue weighted by Crippen LogP contribution is -2.32. The Labute approximate surface area is 102 Å². The van der Waals surface area contributed by atoms with Crippen LogP contribution in [0, 0.1) is 5.92 Å². The van der Waals surface area contributed by atoms with E-state index in [1.54, 1.807) is 0 Å². The third-order valence-corrected chi connectivity index (χ3v) is 3.27. The number of rotatable bonds is 3. The third kappa shape index (κ3) is 3.56. The first-order valence-electron chi connectivity index (χ1n) is 6.22. The second-order valence-corrected chi connectivity index (χ2v) is 4.72. The van der Waals surface area contributed by atoms with Gasteiger partial charge in [-0.1, -0.05) is 36.8 Å². The minimum atomic E-state index is -0.0935. The van der Waals surface area contributed by atoms with E-state index in [9.17, 15) is 4.79 Å². The molecule has 0 bridgehead atoms. The molecule has 3 heteroatoms. The van der Waals surface area contributed by atoms with Gasteiger partial charge in [-0.15, -0.1) is 0 Å². The molecule has 2 N–H and O–H groups in total. The van der Waals surface area contributed by atoms with Crippen LogP contribution in [0.5, 0.6) is 0 Å². The summed E-state index contributed by atoms with van der Waals surface area (Å²) in [7, 11) is 0. The SMILES string of the molecule is N[C@@H]1CCC[C@H](C(=O)OCc2ccccc2)C1. The van der Waals surface area contributed by atoms with Gasteiger partial charge in [0.15, 0.2) is 0 Å². The van der Waals surface area contributed by atoms with Crippen molar-refractivity contribution in [2.75, 3.05) is 0 Å². The van der Waals surface area contributed by atoms with E-state index in [-0.39, 0.29) is 17.9 Å². The summed E-state index contributed by atoms with van der Waals surface area (Å²) < 4.78 is 5.32. The smallest absolute Gasteiger partial charge is 0.309 e. The molecule has 1 aliphatic carbocycles. The van der Waals surface area contributed by atoms with Crippen molar-refractivity contribution in [1.29, 1.82) is 0 Å². The van der Waals surface area contributed by atoms with Crippen LogP contribution in [-0.4, -0.2) is 12.0 Å². The number of nitrogens with two attached hydrogens (primary N) is 1. The van der Waals surface area contributed by atoms with Crippen molar-refractivity contribution in [3.05, 3.63) is 35.9 Å². The molecule has 1 aliphatic rings. The Morgan fingerprint density at radius 2 is 2.06 bits per heavy atom. The number of hydrogen-bond acceptors (Lipinski definition) is 3. The Hall–Kier alpha value is -1.35. The molecule has 92 valence electrons. The first-order chi connectivity index (χ1) is 8.25. The fraction of sp³-hybridized carbons (Fsp3) is 0.500. The fourth-order valence-electron chi connectivity index (χ4n) is 2.29. The molecule has 2 rings (SSSR count). The van der Waals surface area contributed by atoms with Gasteiger partial charge in [0.1, 0.15) is 6.61 Å². The third-order valence-electron chi connectivity index (χ3n) is 3.27. The Balaban J connectivity index is 1.81. The largest absolute Gasteiger partial charge is 0.461 e. The maximum Gasteiger partial charge on any atom is 0.309 e. The van der Waals surface area contributed by atoms with Crippen molar-refractivity contribution in [2.45, 2.75) is 38.3 Å². The molecule has 1 aromatic carbocycles. The van der Waals surface area contributed by atoms with E-state index < -0.39 is 0 Å². The van der Waals surface area contributed by atoms with Crippen LogP contribution in [0.1, 0.15) is 31.2 Å². The molecule has 0 unspecified atom stereocenters. The Morgan fingerprint density at radius 1 is 1.29 bits per heavy atom. The van der Waals surface area contributed by atoms with Gasteiger partial charge in [0.25, 0.3) is 0 Å². The predicted molar refractivity (Wildman–Crippen MR) is 66.2 cm³/mol. The zero-order valence-electron chi connectivity index (χ0n) is 9.97. The van der Waals surface area contributed by atoms with Gasteiger partial charge in [-0.2, -0.15) is 0 Å². The van der Waals surface area contributed by atoms with Gasteiger partial charge in [-0.05, 0) is 24.8 Å². The average Bonchev–Trinajstić information content (AvgIpc) is 2.37. The number of hydrogen-bond donors (Lipinski definition) is 1. The molecule has 1 aromatic rings. The lowest BCUT2D eigenvalue weighted by Gasteiger charge is -2.24. The molecular formula is C14H19NO2. The lowest BCUT2D eigenvalue weighted by atomic mass is 9.86. The van der Waals surface area contributed by atoms with E-state index in [2.05, 4.69) is 0 Å². The van der Waals surface area contributed by atoms with Gasteiger partial charge < -0.3 is 10.5 Å². The summed E-state index contributed by atoms with van der Waals surface area (Å²) in [6.07, 6.45) is 3.75. The van der Waals surface area contributed by atoms with Crippen molar-refractivity contribution in [1.82, 2.24) is 0 Å². The Kier molecular flexibility index (Phi) is 4.15. The molecule has 1 saturated carbocycles. The van der Waals surface area contributed by atoms with Gasteiger partial charge in [0, 0.05) is 6.04 Å². The molecule has 0 spiro atoms. The highest BCUT2D eigenvalue weighted by Crippen LogP contribution is 2.24. The Bertz CT molecular complexity index is 364. The average molecular weight is 233 g/mol. The zero-order valence-corrected chi connectivity index (χ0v) is 9.97. The fourth-order valence-corrected chi connectivity index (χ4v) is 2.29. The maximum absolute atomic E-state index is 11.8. The molecule has 17 heavy (non-hydrogen) atoms. The summed E-state index contributed by atoms with van der Waals surface area (Å²) in [6, 6.07) is 9.92. The van der Waals surface area contributed by atoms with Crippen LogP contribution in [-0.2, 0) is 16.1 Å². The summed E-state index contributed by atoms with van der Waals surface area (Å²) in [5.74, 6) is -0.0912. The highest BCUT2D eigenvalue weighted by Gasteiger charge is 2.26. The molecule has 0 radical (unpaired) electrons. The summed E-state index contributed by atoms with van der Waals surface area (Å²) in [5.41, 5.74) is 6.89. The molecule has 0 aromatic heterocycles. The molecule has 0 amide bonds. The summed E-state index contributed by atoms with van der Waals surface area (Å²) in [5, 5.41) is 0. The first kappa shape index (κ1) is 12.1. The van der Waals surface area contributed by atoms with Gasteiger partial charge in [0.05, 0.1) is 5.92 Å². The molecular weight excluding hydrogens is 214 g/mol. The van der Waals surface area contributed by atoms with Gasteiger partial charge in [0.2, 0.25) is 0 Å².